The highest BCUT2D eigenvalue weighted by Crippen LogP contribution is 2.22. The molecule has 0 unspecified atom stereocenters. The van der Waals surface area contributed by atoms with Crippen LogP contribution < -0.4 is 10.1 Å². The molecule has 144 valence electrons. The van der Waals surface area contributed by atoms with Crippen LogP contribution in [0.2, 0.25) is 0 Å². The quantitative estimate of drug-likeness (QED) is 0.754. The van der Waals surface area contributed by atoms with Gasteiger partial charge < -0.3 is 9.64 Å². The van der Waals surface area contributed by atoms with Crippen molar-refractivity contribution in [1.82, 2.24) is 24.6 Å². The number of urea groups is 1. The van der Waals surface area contributed by atoms with Crippen molar-refractivity contribution >= 4 is 11.8 Å². The first-order valence-electron chi connectivity index (χ1n) is 9.28. The van der Waals surface area contributed by atoms with Crippen molar-refractivity contribution in [3.8, 4) is 17.3 Å². The van der Waals surface area contributed by atoms with E-state index in [0.29, 0.717) is 24.9 Å². The number of benzene rings is 1. The number of amides is 2. The molecule has 1 fully saturated rings. The molecule has 4 rings (SSSR count). The molecule has 8 nitrogen and oxygen atoms in total. The summed E-state index contributed by atoms with van der Waals surface area (Å²) >= 11 is 0. The molecular formula is C20H22N6O2. The number of aromatic nitrogens is 4. The average molecular weight is 378 g/mol. The van der Waals surface area contributed by atoms with E-state index >= 15 is 0 Å². The van der Waals surface area contributed by atoms with Gasteiger partial charge in [-0.3, -0.25) is 10.00 Å². The van der Waals surface area contributed by atoms with Gasteiger partial charge in [-0.2, -0.15) is 5.10 Å². The number of ether oxygens (including phenoxy) is 1. The van der Waals surface area contributed by atoms with Gasteiger partial charge in [0, 0.05) is 57.0 Å². The maximum Gasteiger partial charge on any atom is 0.323 e. The van der Waals surface area contributed by atoms with Gasteiger partial charge in [-0.05, 0) is 6.07 Å². The second-order valence-electron chi connectivity index (χ2n) is 6.67. The van der Waals surface area contributed by atoms with E-state index in [0.717, 1.165) is 24.1 Å². The molecular weight excluding hydrogens is 356 g/mol. The van der Waals surface area contributed by atoms with Gasteiger partial charge in [-0.15, -0.1) is 0 Å². The molecule has 0 radical (unpaired) electrons. The maximum atomic E-state index is 12.6. The first-order chi connectivity index (χ1) is 13.7. The molecule has 1 aromatic carbocycles. The third-order valence-corrected chi connectivity index (χ3v) is 4.73. The molecule has 1 saturated heterocycles. The fourth-order valence-corrected chi connectivity index (χ4v) is 3.19. The van der Waals surface area contributed by atoms with E-state index < -0.39 is 0 Å². The first kappa shape index (κ1) is 18.0. The van der Waals surface area contributed by atoms with Crippen molar-refractivity contribution in [2.75, 3.05) is 18.4 Å². The van der Waals surface area contributed by atoms with E-state index in [-0.39, 0.29) is 12.1 Å². The summed E-state index contributed by atoms with van der Waals surface area (Å²) in [6.07, 6.45) is 4.82. The Morgan fingerprint density at radius 1 is 1.11 bits per heavy atom. The van der Waals surface area contributed by atoms with E-state index in [1.165, 1.54) is 0 Å². The summed E-state index contributed by atoms with van der Waals surface area (Å²) in [5.74, 6) is 0.667. The van der Waals surface area contributed by atoms with Crippen molar-refractivity contribution in [3.63, 3.8) is 0 Å². The van der Waals surface area contributed by atoms with E-state index in [4.69, 9.17) is 4.74 Å². The molecule has 1 aliphatic heterocycles. The molecule has 0 saturated carbocycles. The fraction of sp³-hybridized carbons (Fsp3) is 0.300. The van der Waals surface area contributed by atoms with E-state index in [9.17, 15) is 4.79 Å². The predicted molar refractivity (Wildman–Crippen MR) is 105 cm³/mol. The molecule has 28 heavy (non-hydrogen) atoms. The van der Waals surface area contributed by atoms with Gasteiger partial charge in [0.1, 0.15) is 11.9 Å². The Hall–Kier alpha value is -3.42. The minimum Gasteiger partial charge on any atom is -0.460 e. The highest BCUT2D eigenvalue weighted by atomic mass is 16.5. The monoisotopic (exact) mass is 378 g/mol. The number of carbonyl (C=O) groups excluding carboxylic acids is 1. The number of nitrogens with zero attached hydrogens (tertiary/aromatic N) is 5. The molecule has 0 aliphatic carbocycles. The number of hydrogen-bond acceptors (Lipinski definition) is 5. The smallest absolute Gasteiger partial charge is 0.323 e. The Bertz CT molecular complexity index is 920. The lowest BCUT2D eigenvalue weighted by Gasteiger charge is -2.31. The molecule has 1 aliphatic rings. The summed E-state index contributed by atoms with van der Waals surface area (Å²) < 4.78 is 7.46. The number of likely N-dealkylation sites (tertiary alicyclic amines) is 1. The molecule has 3 aromatic rings. The lowest BCUT2D eigenvalue weighted by atomic mass is 10.1. The Morgan fingerprint density at radius 2 is 1.82 bits per heavy atom. The molecule has 0 bridgehead atoms. The molecule has 0 atom stereocenters. The van der Waals surface area contributed by atoms with Gasteiger partial charge in [-0.25, -0.2) is 14.8 Å². The van der Waals surface area contributed by atoms with Crippen LogP contribution in [0.15, 0.2) is 54.9 Å². The maximum absolute atomic E-state index is 12.6. The molecule has 2 amide bonds. The number of piperidine rings is 1. The third kappa shape index (κ3) is 4.11. The average Bonchev–Trinajstić information content (AvgIpc) is 3.10. The largest absolute Gasteiger partial charge is 0.460 e. The Kier molecular flexibility index (Phi) is 5.18. The van der Waals surface area contributed by atoms with Crippen molar-refractivity contribution < 1.29 is 9.53 Å². The van der Waals surface area contributed by atoms with E-state index in [2.05, 4.69) is 20.4 Å². The number of aryl methyl sites for hydroxylation is 1. The van der Waals surface area contributed by atoms with Crippen LogP contribution in [0.4, 0.5) is 10.6 Å². The number of rotatable bonds is 4. The number of nitrogens with one attached hydrogen (secondary N) is 1. The van der Waals surface area contributed by atoms with Crippen molar-refractivity contribution in [2.24, 2.45) is 7.05 Å². The second kappa shape index (κ2) is 8.08. The highest BCUT2D eigenvalue weighted by molar-refractivity contribution is 5.89. The third-order valence-electron chi connectivity index (χ3n) is 4.73. The summed E-state index contributed by atoms with van der Waals surface area (Å²) in [7, 11) is 1.82. The van der Waals surface area contributed by atoms with Crippen LogP contribution in [-0.4, -0.2) is 49.9 Å². The standard InChI is InChI=1S/C20H22N6O2/c1-25-18(14-17(24-25)15-6-3-2-4-7-15)23-20(27)26-12-8-16(9-13-26)28-19-21-10-5-11-22-19/h2-7,10-11,14,16H,8-9,12-13H2,1H3,(H,23,27). The zero-order valence-electron chi connectivity index (χ0n) is 15.7. The lowest BCUT2D eigenvalue weighted by molar-refractivity contribution is 0.107. The summed E-state index contributed by atoms with van der Waals surface area (Å²) in [4.78, 5) is 22.6. The van der Waals surface area contributed by atoms with Crippen LogP contribution in [0, 0.1) is 0 Å². The van der Waals surface area contributed by atoms with Gasteiger partial charge >= 0.3 is 12.0 Å². The van der Waals surface area contributed by atoms with Crippen molar-refractivity contribution in [1.29, 1.82) is 0 Å². The number of hydrogen-bond donors (Lipinski definition) is 1. The van der Waals surface area contributed by atoms with E-state index in [1.807, 2.05) is 43.4 Å². The van der Waals surface area contributed by atoms with Gasteiger partial charge in [-0.1, -0.05) is 30.3 Å². The summed E-state index contributed by atoms with van der Waals surface area (Å²) in [5.41, 5.74) is 1.84. The number of anilines is 1. The van der Waals surface area contributed by atoms with Gasteiger partial charge in [0.15, 0.2) is 0 Å². The van der Waals surface area contributed by atoms with Gasteiger partial charge in [0.2, 0.25) is 0 Å². The fourth-order valence-electron chi connectivity index (χ4n) is 3.19. The molecule has 2 aromatic heterocycles. The zero-order chi connectivity index (χ0) is 19.3. The Morgan fingerprint density at radius 3 is 2.54 bits per heavy atom. The normalized spacial score (nSPS) is 14.7. The van der Waals surface area contributed by atoms with E-state index in [1.54, 1.807) is 28.0 Å². The molecule has 3 heterocycles. The van der Waals surface area contributed by atoms with Gasteiger partial charge in [0.25, 0.3) is 0 Å². The Balaban J connectivity index is 1.33. The minimum absolute atomic E-state index is 0.0211. The highest BCUT2D eigenvalue weighted by Gasteiger charge is 2.25. The zero-order valence-corrected chi connectivity index (χ0v) is 15.7. The van der Waals surface area contributed by atoms with Crippen LogP contribution in [0.3, 0.4) is 0 Å². The topological polar surface area (TPSA) is 85.2 Å². The summed E-state index contributed by atoms with van der Waals surface area (Å²) in [5, 5.41) is 7.44. The van der Waals surface area contributed by atoms with Crippen molar-refractivity contribution in [3.05, 3.63) is 54.9 Å². The minimum atomic E-state index is -0.128. The number of carbonyl (C=O) groups is 1. The van der Waals surface area contributed by atoms with Crippen LogP contribution in [0.25, 0.3) is 11.3 Å². The SMILES string of the molecule is Cn1nc(-c2ccccc2)cc1NC(=O)N1CCC(Oc2ncccn2)CC1. The summed E-state index contributed by atoms with van der Waals surface area (Å²) in [6.45, 7) is 1.24. The van der Waals surface area contributed by atoms with Crippen molar-refractivity contribution in [2.45, 2.75) is 18.9 Å². The van der Waals surface area contributed by atoms with Gasteiger partial charge in [0.05, 0.1) is 5.69 Å². The summed E-state index contributed by atoms with van der Waals surface area (Å²) in [6, 6.07) is 13.8. The molecule has 0 spiro atoms. The predicted octanol–water partition coefficient (Wildman–Crippen LogP) is 2.95. The van der Waals surface area contributed by atoms with Crippen LogP contribution >= 0.6 is 0 Å². The molecule has 8 heteroatoms. The van der Waals surface area contributed by atoms with Crippen LogP contribution in [0.5, 0.6) is 6.01 Å². The van der Waals surface area contributed by atoms with Crippen LogP contribution in [-0.2, 0) is 7.05 Å². The second-order valence-corrected chi connectivity index (χ2v) is 6.67. The van der Waals surface area contributed by atoms with Crippen LogP contribution in [0.1, 0.15) is 12.8 Å². The Labute approximate surface area is 163 Å². The first-order valence-corrected chi connectivity index (χ1v) is 9.28. The molecule has 1 N–H and O–H groups in total. The lowest BCUT2D eigenvalue weighted by Crippen LogP contribution is -2.44.